The van der Waals surface area contributed by atoms with E-state index in [1.54, 1.807) is 13.8 Å². The molecule has 0 aromatic carbocycles. The first-order valence-electron chi connectivity index (χ1n) is 6.67. The van der Waals surface area contributed by atoms with Crippen LogP contribution in [0.15, 0.2) is 0 Å². The van der Waals surface area contributed by atoms with E-state index in [1.807, 2.05) is 0 Å². The number of nitrogen functional groups attached to an aromatic ring is 1. The molecule has 4 N–H and O–H groups in total. The highest BCUT2D eigenvalue weighted by Gasteiger charge is 2.17. The van der Waals surface area contributed by atoms with E-state index in [1.165, 1.54) is 6.42 Å². The topological polar surface area (TPSA) is 100 Å². The molecule has 1 fully saturated rings. The summed E-state index contributed by atoms with van der Waals surface area (Å²) in [6.07, 6.45) is 3.55. The van der Waals surface area contributed by atoms with Crippen LogP contribution in [-0.4, -0.2) is 45.3 Å². The highest BCUT2D eigenvalue weighted by Crippen LogP contribution is 2.17. The second-order valence-electron chi connectivity index (χ2n) is 5.53. The molecule has 1 aromatic heterocycles. The number of hydrogen-bond acceptors (Lipinski definition) is 7. The van der Waals surface area contributed by atoms with Crippen molar-refractivity contribution in [2.75, 3.05) is 35.6 Å². The first-order valence-corrected chi connectivity index (χ1v) is 6.67. The van der Waals surface area contributed by atoms with Crippen LogP contribution in [0.3, 0.4) is 0 Å². The van der Waals surface area contributed by atoms with E-state index in [-0.39, 0.29) is 5.95 Å². The van der Waals surface area contributed by atoms with Gasteiger partial charge in [-0.1, -0.05) is 0 Å². The summed E-state index contributed by atoms with van der Waals surface area (Å²) in [6, 6.07) is 0. The van der Waals surface area contributed by atoms with Crippen LogP contribution in [0.1, 0.15) is 33.1 Å². The lowest BCUT2D eigenvalue weighted by molar-refractivity contribution is 0.0943. The Bertz CT molecular complexity index is 425. The molecule has 106 valence electrons. The van der Waals surface area contributed by atoms with Crippen molar-refractivity contribution in [2.45, 2.75) is 38.7 Å². The fraction of sp³-hybridized carbons (Fsp3) is 0.750. The predicted molar refractivity (Wildman–Crippen MR) is 75.1 cm³/mol. The summed E-state index contributed by atoms with van der Waals surface area (Å²) >= 11 is 0. The third kappa shape index (κ3) is 4.20. The first-order chi connectivity index (χ1) is 8.94. The molecule has 0 spiro atoms. The van der Waals surface area contributed by atoms with Gasteiger partial charge in [0.2, 0.25) is 17.8 Å². The summed E-state index contributed by atoms with van der Waals surface area (Å²) in [5, 5.41) is 12.7. The van der Waals surface area contributed by atoms with Crippen molar-refractivity contribution in [2.24, 2.45) is 0 Å². The Balaban J connectivity index is 2.10. The molecule has 1 saturated heterocycles. The summed E-state index contributed by atoms with van der Waals surface area (Å²) < 4.78 is 0. The average molecular weight is 266 g/mol. The summed E-state index contributed by atoms with van der Waals surface area (Å²) in [7, 11) is 0. The van der Waals surface area contributed by atoms with Crippen molar-refractivity contribution in [1.82, 2.24) is 15.0 Å². The van der Waals surface area contributed by atoms with Gasteiger partial charge in [0, 0.05) is 19.6 Å². The quantitative estimate of drug-likeness (QED) is 0.734. The molecule has 0 atom stereocenters. The molecule has 7 heteroatoms. The molecule has 1 aromatic rings. The van der Waals surface area contributed by atoms with Crippen molar-refractivity contribution in [3.05, 3.63) is 0 Å². The third-order valence-electron chi connectivity index (χ3n) is 2.96. The van der Waals surface area contributed by atoms with Gasteiger partial charge in [0.1, 0.15) is 0 Å². The molecular weight excluding hydrogens is 244 g/mol. The predicted octanol–water partition coefficient (Wildman–Crippen LogP) is 0.627. The smallest absolute Gasteiger partial charge is 0.231 e. The molecule has 0 saturated carbocycles. The van der Waals surface area contributed by atoms with Gasteiger partial charge in [-0.3, -0.25) is 0 Å². The Hall–Kier alpha value is -1.63. The van der Waals surface area contributed by atoms with Gasteiger partial charge in [-0.15, -0.1) is 0 Å². The molecule has 1 aliphatic rings. The van der Waals surface area contributed by atoms with E-state index < -0.39 is 5.60 Å². The van der Waals surface area contributed by atoms with E-state index in [2.05, 4.69) is 25.2 Å². The zero-order valence-corrected chi connectivity index (χ0v) is 11.6. The molecule has 19 heavy (non-hydrogen) atoms. The summed E-state index contributed by atoms with van der Waals surface area (Å²) in [5.74, 6) is 1.23. The number of nitrogens with zero attached hydrogens (tertiary/aromatic N) is 4. The number of piperidine rings is 1. The highest BCUT2D eigenvalue weighted by molar-refractivity contribution is 5.42. The maximum atomic E-state index is 9.69. The molecule has 2 rings (SSSR count). The lowest BCUT2D eigenvalue weighted by Gasteiger charge is -2.27. The van der Waals surface area contributed by atoms with Crippen LogP contribution in [0.2, 0.25) is 0 Å². The molecule has 1 aliphatic heterocycles. The summed E-state index contributed by atoms with van der Waals surface area (Å²) in [6.45, 7) is 5.70. The van der Waals surface area contributed by atoms with Crippen molar-refractivity contribution in [1.29, 1.82) is 0 Å². The summed E-state index contributed by atoms with van der Waals surface area (Å²) in [4.78, 5) is 14.7. The van der Waals surface area contributed by atoms with Crippen molar-refractivity contribution >= 4 is 17.8 Å². The minimum Gasteiger partial charge on any atom is -0.389 e. The van der Waals surface area contributed by atoms with E-state index >= 15 is 0 Å². The van der Waals surface area contributed by atoms with Crippen LogP contribution >= 0.6 is 0 Å². The fourth-order valence-electron chi connectivity index (χ4n) is 1.99. The molecular formula is C12H22N6O. The van der Waals surface area contributed by atoms with Crippen LogP contribution in [0, 0.1) is 0 Å². The molecule has 0 aliphatic carbocycles. The van der Waals surface area contributed by atoms with E-state index in [9.17, 15) is 5.11 Å². The summed E-state index contributed by atoms with van der Waals surface area (Å²) in [5.41, 5.74) is 4.89. The van der Waals surface area contributed by atoms with Gasteiger partial charge in [0.05, 0.1) is 5.60 Å². The van der Waals surface area contributed by atoms with Gasteiger partial charge in [-0.05, 0) is 33.1 Å². The average Bonchev–Trinajstić information content (AvgIpc) is 2.36. The van der Waals surface area contributed by atoms with Crippen LogP contribution in [0.25, 0.3) is 0 Å². The maximum absolute atomic E-state index is 9.69. The number of nitrogens with one attached hydrogen (secondary N) is 1. The Labute approximate surface area is 113 Å². The van der Waals surface area contributed by atoms with Crippen LogP contribution in [0.4, 0.5) is 17.8 Å². The Morgan fingerprint density at radius 2 is 1.89 bits per heavy atom. The largest absolute Gasteiger partial charge is 0.389 e. The number of aliphatic hydroxyl groups is 1. The number of hydrogen-bond donors (Lipinski definition) is 3. The number of rotatable bonds is 4. The van der Waals surface area contributed by atoms with E-state index in [0.29, 0.717) is 18.4 Å². The normalized spacial score (nSPS) is 16.5. The van der Waals surface area contributed by atoms with Crippen molar-refractivity contribution in [3.63, 3.8) is 0 Å². The molecule has 0 bridgehead atoms. The molecule has 2 heterocycles. The maximum Gasteiger partial charge on any atom is 0.231 e. The van der Waals surface area contributed by atoms with Crippen LogP contribution < -0.4 is 16.0 Å². The fourth-order valence-corrected chi connectivity index (χ4v) is 1.99. The minimum absolute atomic E-state index is 0.203. The minimum atomic E-state index is -0.827. The zero-order valence-electron chi connectivity index (χ0n) is 11.6. The molecule has 0 unspecified atom stereocenters. The van der Waals surface area contributed by atoms with Gasteiger partial charge >= 0.3 is 0 Å². The van der Waals surface area contributed by atoms with Gasteiger partial charge in [0.25, 0.3) is 0 Å². The van der Waals surface area contributed by atoms with E-state index in [4.69, 9.17) is 5.73 Å². The van der Waals surface area contributed by atoms with Crippen molar-refractivity contribution in [3.8, 4) is 0 Å². The van der Waals surface area contributed by atoms with Gasteiger partial charge in [0.15, 0.2) is 0 Å². The molecule has 0 radical (unpaired) electrons. The Morgan fingerprint density at radius 1 is 1.21 bits per heavy atom. The van der Waals surface area contributed by atoms with E-state index in [0.717, 1.165) is 25.9 Å². The SMILES string of the molecule is CC(C)(O)CNc1nc(N)nc(N2CCCCC2)n1. The van der Waals surface area contributed by atoms with Crippen LogP contribution in [-0.2, 0) is 0 Å². The van der Waals surface area contributed by atoms with Gasteiger partial charge < -0.3 is 21.1 Å². The monoisotopic (exact) mass is 266 g/mol. The van der Waals surface area contributed by atoms with Gasteiger partial charge in [-0.25, -0.2) is 0 Å². The second-order valence-corrected chi connectivity index (χ2v) is 5.53. The third-order valence-corrected chi connectivity index (χ3v) is 2.96. The highest BCUT2D eigenvalue weighted by atomic mass is 16.3. The second kappa shape index (κ2) is 5.56. The van der Waals surface area contributed by atoms with Crippen LogP contribution in [0.5, 0.6) is 0 Å². The zero-order chi connectivity index (χ0) is 13.9. The number of anilines is 3. The lowest BCUT2D eigenvalue weighted by Crippen LogP contribution is -2.33. The number of nitrogens with two attached hydrogens (primary N) is 1. The first kappa shape index (κ1) is 13.8. The van der Waals surface area contributed by atoms with Gasteiger partial charge in [-0.2, -0.15) is 15.0 Å². The molecule has 0 amide bonds. The Kier molecular flexibility index (Phi) is 4.04. The lowest BCUT2D eigenvalue weighted by atomic mass is 10.1. The molecule has 7 nitrogen and oxygen atoms in total. The van der Waals surface area contributed by atoms with Crippen molar-refractivity contribution < 1.29 is 5.11 Å². The standard InChI is InChI=1S/C12H22N6O/c1-12(2,19)8-14-10-15-9(13)16-11(17-10)18-6-4-3-5-7-18/h19H,3-8H2,1-2H3,(H3,13,14,15,16,17). The Morgan fingerprint density at radius 3 is 2.53 bits per heavy atom. The number of aromatic nitrogens is 3.